The highest BCUT2D eigenvalue weighted by Gasteiger charge is 2.16. The molecule has 1 rings (SSSR count). The molecule has 0 fully saturated rings. The standard InChI is InChI=1S/C12H19ClN2O2S/c1-10(2)5-3-4-7-15-18(16,17)12-9-14-8-6-11(12)13/h6,8-10,15H,3-5,7H2,1-2H3. The highest BCUT2D eigenvalue weighted by atomic mass is 35.5. The smallest absolute Gasteiger partial charge is 0.243 e. The second-order valence-electron chi connectivity index (χ2n) is 4.59. The van der Waals surface area contributed by atoms with E-state index in [4.69, 9.17) is 11.6 Å². The van der Waals surface area contributed by atoms with Crippen LogP contribution in [0.4, 0.5) is 0 Å². The van der Waals surface area contributed by atoms with E-state index in [1.54, 1.807) is 0 Å². The van der Waals surface area contributed by atoms with Crippen LogP contribution in [-0.4, -0.2) is 19.9 Å². The van der Waals surface area contributed by atoms with E-state index < -0.39 is 10.0 Å². The van der Waals surface area contributed by atoms with E-state index in [0.29, 0.717) is 12.5 Å². The van der Waals surface area contributed by atoms with E-state index in [0.717, 1.165) is 19.3 Å². The van der Waals surface area contributed by atoms with Gasteiger partial charge in [0.05, 0.1) is 5.02 Å². The van der Waals surface area contributed by atoms with Crippen LogP contribution in [0.1, 0.15) is 33.1 Å². The lowest BCUT2D eigenvalue weighted by Crippen LogP contribution is -2.25. The fourth-order valence-electron chi connectivity index (χ4n) is 1.52. The number of unbranched alkanes of at least 4 members (excludes halogenated alkanes) is 1. The second kappa shape index (κ2) is 7.07. The average Bonchev–Trinajstić information content (AvgIpc) is 2.28. The summed E-state index contributed by atoms with van der Waals surface area (Å²) in [4.78, 5) is 3.81. The zero-order chi connectivity index (χ0) is 13.6. The lowest BCUT2D eigenvalue weighted by atomic mass is 10.1. The largest absolute Gasteiger partial charge is 0.263 e. The third-order valence-corrected chi connectivity index (χ3v) is 4.45. The van der Waals surface area contributed by atoms with Crippen LogP contribution < -0.4 is 4.72 Å². The molecule has 0 aliphatic heterocycles. The van der Waals surface area contributed by atoms with Crippen LogP contribution in [0.25, 0.3) is 0 Å². The van der Waals surface area contributed by atoms with Crippen molar-refractivity contribution in [3.63, 3.8) is 0 Å². The zero-order valence-electron chi connectivity index (χ0n) is 10.7. The molecule has 1 N–H and O–H groups in total. The van der Waals surface area contributed by atoms with Gasteiger partial charge in [-0.2, -0.15) is 0 Å². The molecule has 6 heteroatoms. The predicted molar refractivity (Wildman–Crippen MR) is 73.1 cm³/mol. The summed E-state index contributed by atoms with van der Waals surface area (Å²) in [6.07, 6.45) is 5.67. The number of rotatable bonds is 7. The van der Waals surface area contributed by atoms with Crippen LogP contribution >= 0.6 is 11.6 Å². The molecular formula is C12H19ClN2O2S. The number of halogens is 1. The molecule has 0 radical (unpaired) electrons. The highest BCUT2D eigenvalue weighted by molar-refractivity contribution is 7.89. The summed E-state index contributed by atoms with van der Waals surface area (Å²) in [6, 6.07) is 1.47. The maximum atomic E-state index is 11.9. The Morgan fingerprint density at radius 3 is 2.72 bits per heavy atom. The fourth-order valence-corrected chi connectivity index (χ4v) is 3.03. The quantitative estimate of drug-likeness (QED) is 0.786. The Kier molecular flexibility index (Phi) is 6.05. The van der Waals surface area contributed by atoms with Crippen LogP contribution in [0.5, 0.6) is 0 Å². The molecule has 18 heavy (non-hydrogen) atoms. The highest BCUT2D eigenvalue weighted by Crippen LogP contribution is 2.18. The lowest BCUT2D eigenvalue weighted by molar-refractivity contribution is 0.530. The first-order valence-electron chi connectivity index (χ1n) is 6.02. The minimum absolute atomic E-state index is 0.0375. The summed E-state index contributed by atoms with van der Waals surface area (Å²) < 4.78 is 26.4. The van der Waals surface area contributed by atoms with Gasteiger partial charge in [-0.3, -0.25) is 4.98 Å². The number of hydrogen-bond acceptors (Lipinski definition) is 3. The van der Waals surface area contributed by atoms with E-state index in [2.05, 4.69) is 23.6 Å². The molecule has 0 aromatic carbocycles. The van der Waals surface area contributed by atoms with Crippen molar-refractivity contribution >= 4 is 21.6 Å². The number of nitrogens with zero attached hydrogens (tertiary/aromatic N) is 1. The van der Waals surface area contributed by atoms with Crippen LogP contribution in [0, 0.1) is 5.92 Å². The SMILES string of the molecule is CC(C)CCCCNS(=O)(=O)c1cnccc1Cl. The van der Waals surface area contributed by atoms with Crippen LogP contribution in [0.15, 0.2) is 23.4 Å². The van der Waals surface area contributed by atoms with Gasteiger partial charge in [-0.1, -0.05) is 38.3 Å². The minimum Gasteiger partial charge on any atom is -0.263 e. The minimum atomic E-state index is -3.54. The van der Waals surface area contributed by atoms with Gasteiger partial charge >= 0.3 is 0 Å². The summed E-state index contributed by atoms with van der Waals surface area (Å²) in [6.45, 7) is 4.74. The van der Waals surface area contributed by atoms with Gasteiger partial charge in [0.1, 0.15) is 4.90 Å². The van der Waals surface area contributed by atoms with Crippen molar-refractivity contribution < 1.29 is 8.42 Å². The fraction of sp³-hybridized carbons (Fsp3) is 0.583. The van der Waals surface area contributed by atoms with Crippen molar-refractivity contribution in [3.8, 4) is 0 Å². The molecule has 0 aliphatic rings. The zero-order valence-corrected chi connectivity index (χ0v) is 12.3. The van der Waals surface area contributed by atoms with Crippen molar-refractivity contribution in [2.45, 2.75) is 38.0 Å². The summed E-state index contributed by atoms with van der Waals surface area (Å²) in [5.74, 6) is 0.648. The van der Waals surface area contributed by atoms with Crippen LogP contribution in [0.3, 0.4) is 0 Å². The molecule has 1 heterocycles. The molecule has 1 aromatic heterocycles. The van der Waals surface area contributed by atoms with Gasteiger partial charge in [-0.15, -0.1) is 0 Å². The molecule has 0 aliphatic carbocycles. The van der Waals surface area contributed by atoms with Gasteiger partial charge in [0.15, 0.2) is 0 Å². The molecular weight excluding hydrogens is 272 g/mol. The molecule has 1 aromatic rings. The van der Waals surface area contributed by atoms with Crippen molar-refractivity contribution in [2.24, 2.45) is 5.92 Å². The first-order valence-corrected chi connectivity index (χ1v) is 7.89. The van der Waals surface area contributed by atoms with Crippen molar-refractivity contribution in [3.05, 3.63) is 23.5 Å². The van der Waals surface area contributed by atoms with E-state index in [1.165, 1.54) is 18.5 Å². The Hall–Kier alpha value is -0.650. The molecule has 0 saturated heterocycles. The normalized spacial score (nSPS) is 12.0. The predicted octanol–water partition coefficient (Wildman–Crippen LogP) is 2.84. The Morgan fingerprint density at radius 2 is 2.11 bits per heavy atom. The van der Waals surface area contributed by atoms with E-state index in [1.807, 2.05) is 0 Å². The first kappa shape index (κ1) is 15.4. The summed E-state index contributed by atoms with van der Waals surface area (Å²) in [5.41, 5.74) is 0. The molecule has 0 spiro atoms. The van der Waals surface area contributed by atoms with Gasteiger partial charge in [-0.25, -0.2) is 13.1 Å². The second-order valence-corrected chi connectivity index (χ2v) is 6.74. The maximum Gasteiger partial charge on any atom is 0.243 e. The lowest BCUT2D eigenvalue weighted by Gasteiger charge is -2.08. The number of sulfonamides is 1. The van der Waals surface area contributed by atoms with Crippen molar-refractivity contribution in [1.29, 1.82) is 0 Å². The molecule has 4 nitrogen and oxygen atoms in total. The summed E-state index contributed by atoms with van der Waals surface area (Å²) >= 11 is 5.83. The molecule has 0 bridgehead atoms. The van der Waals surface area contributed by atoms with Crippen molar-refractivity contribution in [1.82, 2.24) is 9.71 Å². The van der Waals surface area contributed by atoms with Gasteiger partial charge in [0, 0.05) is 18.9 Å². The summed E-state index contributed by atoms with van der Waals surface area (Å²) in [5, 5.41) is 0.194. The Balaban J connectivity index is 2.49. The number of pyridine rings is 1. The Labute approximate surface area is 114 Å². The Morgan fingerprint density at radius 1 is 1.39 bits per heavy atom. The third kappa shape index (κ3) is 4.92. The topological polar surface area (TPSA) is 59.1 Å². The van der Waals surface area contributed by atoms with Gasteiger partial charge in [-0.05, 0) is 18.4 Å². The van der Waals surface area contributed by atoms with E-state index in [9.17, 15) is 8.42 Å². The molecule has 0 unspecified atom stereocenters. The van der Waals surface area contributed by atoms with E-state index in [-0.39, 0.29) is 9.92 Å². The summed E-state index contributed by atoms with van der Waals surface area (Å²) in [7, 11) is -3.54. The van der Waals surface area contributed by atoms with Crippen molar-refractivity contribution in [2.75, 3.05) is 6.54 Å². The number of hydrogen-bond donors (Lipinski definition) is 1. The van der Waals surface area contributed by atoms with Crippen LogP contribution in [0.2, 0.25) is 5.02 Å². The maximum absolute atomic E-state index is 11.9. The first-order chi connectivity index (χ1) is 8.43. The number of aromatic nitrogens is 1. The third-order valence-electron chi connectivity index (χ3n) is 2.52. The molecule has 0 atom stereocenters. The Bertz CT molecular complexity index is 475. The van der Waals surface area contributed by atoms with E-state index >= 15 is 0 Å². The van der Waals surface area contributed by atoms with Gasteiger partial charge in [0.2, 0.25) is 10.0 Å². The molecule has 0 amide bonds. The molecule has 0 saturated carbocycles. The van der Waals surface area contributed by atoms with Crippen LogP contribution in [-0.2, 0) is 10.0 Å². The van der Waals surface area contributed by atoms with Gasteiger partial charge in [0.25, 0.3) is 0 Å². The average molecular weight is 291 g/mol. The van der Waals surface area contributed by atoms with Gasteiger partial charge < -0.3 is 0 Å². The number of nitrogens with one attached hydrogen (secondary N) is 1. The molecule has 102 valence electrons. The monoisotopic (exact) mass is 290 g/mol.